The number of hydrazine groups is 1. The average Bonchev–Trinajstić information content (AvgIpc) is 3.22. The molecule has 4 aliphatic rings. The SMILES string of the molecule is CCC1CCC(NC(=O)C2CNN3C2NC(C)CC3N2CCN(CCN(C)C)CC2)CC1. The smallest absolute Gasteiger partial charge is 0.227 e. The lowest BCUT2D eigenvalue weighted by Crippen LogP contribution is -2.68. The molecule has 3 N–H and O–H groups in total. The van der Waals surface area contributed by atoms with Crippen molar-refractivity contribution < 1.29 is 4.79 Å². The minimum absolute atomic E-state index is 0.0227. The number of carbonyl (C=O) groups excluding carboxylic acids is 1. The number of nitrogens with one attached hydrogen (secondary N) is 3. The van der Waals surface area contributed by atoms with Crippen molar-refractivity contribution in [2.75, 3.05) is 59.9 Å². The first-order chi connectivity index (χ1) is 15.4. The van der Waals surface area contributed by atoms with Gasteiger partial charge in [-0.1, -0.05) is 13.3 Å². The zero-order valence-corrected chi connectivity index (χ0v) is 20.9. The Labute approximate surface area is 195 Å². The van der Waals surface area contributed by atoms with Gasteiger partial charge < -0.3 is 10.2 Å². The standard InChI is InChI=1S/C24H47N7O/c1-5-19-6-8-20(9-7-19)27-24(32)21-17-25-31-22(16-18(2)26-23(21)31)30-14-12-29(13-15-30)11-10-28(3)4/h18-23,25-26H,5-17H2,1-4H3,(H,27,32). The van der Waals surface area contributed by atoms with Gasteiger partial charge in [0.2, 0.25) is 5.91 Å². The van der Waals surface area contributed by atoms with E-state index in [1.54, 1.807) is 0 Å². The largest absolute Gasteiger partial charge is 0.353 e. The molecule has 3 aliphatic heterocycles. The maximum absolute atomic E-state index is 13.2. The highest BCUT2D eigenvalue weighted by Crippen LogP contribution is 2.29. The van der Waals surface area contributed by atoms with Gasteiger partial charge in [-0.3, -0.25) is 25.3 Å². The normalized spacial score (nSPS) is 37.5. The quantitative estimate of drug-likeness (QED) is 0.529. The van der Waals surface area contributed by atoms with Gasteiger partial charge in [-0.15, -0.1) is 0 Å². The van der Waals surface area contributed by atoms with Crippen LogP contribution in [0.3, 0.4) is 0 Å². The van der Waals surface area contributed by atoms with E-state index in [9.17, 15) is 4.79 Å². The van der Waals surface area contributed by atoms with E-state index in [1.807, 2.05) is 0 Å². The van der Waals surface area contributed by atoms with E-state index in [2.05, 4.69) is 63.7 Å². The summed E-state index contributed by atoms with van der Waals surface area (Å²) in [7, 11) is 4.29. The van der Waals surface area contributed by atoms with Crippen LogP contribution in [0.5, 0.6) is 0 Å². The van der Waals surface area contributed by atoms with Crippen LogP contribution in [0, 0.1) is 11.8 Å². The van der Waals surface area contributed by atoms with Crippen molar-refractivity contribution in [1.82, 2.24) is 35.8 Å². The Balaban J connectivity index is 1.30. The Morgan fingerprint density at radius 3 is 2.47 bits per heavy atom. The monoisotopic (exact) mass is 449 g/mol. The van der Waals surface area contributed by atoms with Crippen LogP contribution in [-0.4, -0.2) is 110 Å². The van der Waals surface area contributed by atoms with Crippen LogP contribution in [0.4, 0.5) is 0 Å². The van der Waals surface area contributed by atoms with Gasteiger partial charge in [-0.25, -0.2) is 5.01 Å². The van der Waals surface area contributed by atoms with Crippen molar-refractivity contribution in [3.05, 3.63) is 0 Å². The molecule has 1 amide bonds. The highest BCUT2D eigenvalue weighted by molar-refractivity contribution is 5.80. The van der Waals surface area contributed by atoms with Crippen molar-refractivity contribution >= 4 is 5.91 Å². The highest BCUT2D eigenvalue weighted by atomic mass is 16.2. The number of likely N-dealkylation sites (N-methyl/N-ethyl adjacent to an activating group) is 1. The van der Waals surface area contributed by atoms with Gasteiger partial charge in [-0.2, -0.15) is 0 Å². The van der Waals surface area contributed by atoms with Crippen molar-refractivity contribution in [2.45, 2.75) is 76.8 Å². The van der Waals surface area contributed by atoms with Crippen molar-refractivity contribution in [2.24, 2.45) is 11.8 Å². The zero-order chi connectivity index (χ0) is 22.7. The van der Waals surface area contributed by atoms with Crippen LogP contribution in [0.2, 0.25) is 0 Å². The zero-order valence-electron chi connectivity index (χ0n) is 20.9. The number of rotatable bonds is 7. The Kier molecular flexibility index (Phi) is 8.45. The van der Waals surface area contributed by atoms with Crippen molar-refractivity contribution in [3.63, 3.8) is 0 Å². The Hall–Kier alpha value is -0.770. The number of amides is 1. The lowest BCUT2D eigenvalue weighted by atomic mass is 9.84. The molecular formula is C24H47N7O. The summed E-state index contributed by atoms with van der Waals surface area (Å²) in [4.78, 5) is 20.7. The molecule has 0 aromatic carbocycles. The maximum Gasteiger partial charge on any atom is 0.227 e. The molecule has 0 bridgehead atoms. The van der Waals surface area contributed by atoms with Gasteiger partial charge in [0.15, 0.2) is 0 Å². The minimum Gasteiger partial charge on any atom is -0.353 e. The van der Waals surface area contributed by atoms with E-state index in [0.717, 1.165) is 71.0 Å². The Morgan fingerprint density at radius 1 is 1.09 bits per heavy atom. The molecule has 0 radical (unpaired) electrons. The van der Waals surface area contributed by atoms with E-state index < -0.39 is 0 Å². The fraction of sp³-hybridized carbons (Fsp3) is 0.958. The molecule has 8 heteroatoms. The Bertz CT molecular complexity index is 601. The molecule has 3 saturated heterocycles. The third-order valence-corrected chi connectivity index (χ3v) is 8.31. The maximum atomic E-state index is 13.2. The molecule has 1 saturated carbocycles. The summed E-state index contributed by atoms with van der Waals surface area (Å²) in [6, 6.07) is 0.787. The van der Waals surface area contributed by atoms with Gasteiger partial charge >= 0.3 is 0 Å². The predicted molar refractivity (Wildman–Crippen MR) is 129 cm³/mol. The summed E-state index contributed by atoms with van der Waals surface area (Å²) < 4.78 is 0. The number of piperazine rings is 1. The third-order valence-electron chi connectivity index (χ3n) is 8.31. The Morgan fingerprint density at radius 2 is 1.81 bits per heavy atom. The van der Waals surface area contributed by atoms with Crippen molar-refractivity contribution in [1.29, 1.82) is 0 Å². The summed E-state index contributed by atoms with van der Waals surface area (Å²) >= 11 is 0. The number of fused-ring (bicyclic) bond motifs is 1. The number of hydrogen-bond acceptors (Lipinski definition) is 7. The molecule has 4 fully saturated rings. The molecule has 8 nitrogen and oxygen atoms in total. The average molecular weight is 450 g/mol. The molecule has 0 aromatic rings. The number of carbonyl (C=O) groups is 1. The lowest BCUT2D eigenvalue weighted by molar-refractivity contribution is -0.129. The van der Waals surface area contributed by atoms with Crippen LogP contribution in [0.1, 0.15) is 52.4 Å². The van der Waals surface area contributed by atoms with Gasteiger partial charge in [-0.05, 0) is 59.0 Å². The molecule has 0 spiro atoms. The molecule has 0 aromatic heterocycles. The van der Waals surface area contributed by atoms with E-state index in [4.69, 9.17) is 0 Å². The van der Waals surface area contributed by atoms with Crippen LogP contribution in [-0.2, 0) is 4.79 Å². The van der Waals surface area contributed by atoms with E-state index in [0.29, 0.717) is 18.2 Å². The van der Waals surface area contributed by atoms with Crippen LogP contribution in [0.15, 0.2) is 0 Å². The first kappa shape index (κ1) is 24.4. The predicted octanol–water partition coefficient (Wildman–Crippen LogP) is 0.721. The molecule has 32 heavy (non-hydrogen) atoms. The second-order valence-corrected chi connectivity index (χ2v) is 10.9. The molecule has 1 aliphatic carbocycles. The summed E-state index contributed by atoms with van der Waals surface area (Å²) in [5, 5.41) is 9.51. The third kappa shape index (κ3) is 5.83. The molecule has 4 atom stereocenters. The topological polar surface area (TPSA) is 66.1 Å². The van der Waals surface area contributed by atoms with Gasteiger partial charge in [0.25, 0.3) is 0 Å². The highest BCUT2D eigenvalue weighted by Gasteiger charge is 2.47. The van der Waals surface area contributed by atoms with Crippen LogP contribution >= 0.6 is 0 Å². The molecule has 4 unspecified atom stereocenters. The number of hydrogen-bond donors (Lipinski definition) is 3. The molecular weight excluding hydrogens is 402 g/mol. The molecule has 184 valence electrons. The summed E-state index contributed by atoms with van der Waals surface area (Å²) in [5.41, 5.74) is 3.61. The van der Waals surface area contributed by atoms with Crippen molar-refractivity contribution in [3.8, 4) is 0 Å². The minimum atomic E-state index is -0.0227. The van der Waals surface area contributed by atoms with Gasteiger partial charge in [0.05, 0.1) is 18.2 Å². The van der Waals surface area contributed by atoms with E-state index in [1.165, 1.54) is 19.3 Å². The lowest BCUT2D eigenvalue weighted by Gasteiger charge is -2.49. The van der Waals surface area contributed by atoms with Gasteiger partial charge in [0, 0.05) is 57.9 Å². The fourth-order valence-electron chi connectivity index (χ4n) is 6.09. The van der Waals surface area contributed by atoms with Crippen LogP contribution in [0.25, 0.3) is 0 Å². The summed E-state index contributed by atoms with van der Waals surface area (Å²) in [6.45, 7) is 12.0. The van der Waals surface area contributed by atoms with Crippen LogP contribution < -0.4 is 16.1 Å². The molecule has 3 heterocycles. The number of nitrogens with zero attached hydrogens (tertiary/aromatic N) is 4. The first-order valence-corrected chi connectivity index (χ1v) is 13.1. The van der Waals surface area contributed by atoms with Gasteiger partial charge in [0.1, 0.15) is 0 Å². The second kappa shape index (κ2) is 11.1. The second-order valence-electron chi connectivity index (χ2n) is 10.9. The molecule has 4 rings (SSSR count). The van der Waals surface area contributed by atoms with E-state index in [-0.39, 0.29) is 18.0 Å². The first-order valence-electron chi connectivity index (χ1n) is 13.1. The summed E-state index contributed by atoms with van der Waals surface area (Å²) in [6.07, 6.45) is 7.63. The van der Waals surface area contributed by atoms with E-state index >= 15 is 0 Å². The fourth-order valence-corrected chi connectivity index (χ4v) is 6.09. The summed E-state index contributed by atoms with van der Waals surface area (Å²) in [5.74, 6) is 1.07.